The standard InChI is InChI=1S/C36H43ClN4O6S/c1-6-46-35(44)36-18-21(36)11-9-7-8-10-14-41(4)34(43)25-16-22(15-24(25)32(42)40-36)47-29-17-26(33-39-27(19-48-33)20(2)3)38-31-23(29)12-13-28(45-5)30(31)37/h9,11-13,17,19-22,24-25H,6-8,10,14-16,18H2,1-5H3,(H,40,42)/t21-,22-,24-,25-,36-/m1/s1. The number of aromatic nitrogens is 2. The average molecular weight is 695 g/mol. The number of methoxy groups -OCH3 is 1. The Labute approximate surface area is 290 Å². The molecule has 0 bridgehead atoms. The van der Waals surface area contributed by atoms with Gasteiger partial charge in [0, 0.05) is 36.3 Å². The lowest BCUT2D eigenvalue weighted by Crippen LogP contribution is -2.50. The highest BCUT2D eigenvalue weighted by molar-refractivity contribution is 7.13. The van der Waals surface area contributed by atoms with Gasteiger partial charge in [-0.15, -0.1) is 11.3 Å². The number of amides is 2. The van der Waals surface area contributed by atoms with Crippen molar-refractivity contribution in [3.05, 3.63) is 46.4 Å². The van der Waals surface area contributed by atoms with Gasteiger partial charge in [0.1, 0.15) is 38.9 Å². The van der Waals surface area contributed by atoms with Gasteiger partial charge < -0.3 is 24.4 Å². The van der Waals surface area contributed by atoms with Crippen molar-refractivity contribution in [2.75, 3.05) is 27.3 Å². The molecular formula is C36H43ClN4O6S. The van der Waals surface area contributed by atoms with Crippen LogP contribution in [0.2, 0.25) is 5.02 Å². The number of allylic oxidation sites excluding steroid dienone is 1. The lowest BCUT2D eigenvalue weighted by molar-refractivity contribution is -0.150. The summed E-state index contributed by atoms with van der Waals surface area (Å²) in [6, 6.07) is 5.48. The lowest BCUT2D eigenvalue weighted by atomic mass is 9.93. The Morgan fingerprint density at radius 2 is 1.96 bits per heavy atom. The van der Waals surface area contributed by atoms with Gasteiger partial charge in [0.15, 0.2) is 0 Å². The van der Waals surface area contributed by atoms with E-state index in [4.69, 9.17) is 35.8 Å². The molecule has 2 saturated carbocycles. The second-order valence-corrected chi connectivity index (χ2v) is 14.6. The predicted octanol–water partition coefficient (Wildman–Crippen LogP) is 6.55. The van der Waals surface area contributed by atoms with E-state index in [2.05, 4.69) is 25.2 Å². The third kappa shape index (κ3) is 6.63. The molecule has 256 valence electrons. The van der Waals surface area contributed by atoms with Crippen LogP contribution in [-0.4, -0.2) is 71.6 Å². The molecule has 3 aliphatic rings. The van der Waals surface area contributed by atoms with Crippen molar-refractivity contribution >= 4 is 51.6 Å². The van der Waals surface area contributed by atoms with Gasteiger partial charge in [-0.05, 0) is 63.5 Å². The molecule has 1 N–H and O–H groups in total. The number of nitrogens with zero attached hydrogens (tertiary/aromatic N) is 3. The van der Waals surface area contributed by atoms with Crippen molar-refractivity contribution in [2.45, 2.75) is 76.9 Å². The summed E-state index contributed by atoms with van der Waals surface area (Å²) in [5.74, 6) is -1.02. The normalized spacial score (nSPS) is 26.1. The van der Waals surface area contributed by atoms with Crippen LogP contribution >= 0.6 is 22.9 Å². The van der Waals surface area contributed by atoms with Crippen LogP contribution in [0.15, 0.2) is 35.7 Å². The third-order valence-electron chi connectivity index (χ3n) is 9.73. The van der Waals surface area contributed by atoms with Crippen LogP contribution in [0.25, 0.3) is 21.6 Å². The highest BCUT2D eigenvalue weighted by atomic mass is 35.5. The zero-order valence-corrected chi connectivity index (χ0v) is 29.7. The van der Waals surface area contributed by atoms with E-state index in [9.17, 15) is 14.4 Å². The van der Waals surface area contributed by atoms with E-state index in [0.717, 1.165) is 30.0 Å². The first-order valence-corrected chi connectivity index (χ1v) is 18.0. The maximum Gasteiger partial charge on any atom is 0.332 e. The Balaban J connectivity index is 1.34. The first kappa shape index (κ1) is 34.2. The molecule has 12 heteroatoms. The summed E-state index contributed by atoms with van der Waals surface area (Å²) in [5, 5.41) is 6.85. The Kier molecular flexibility index (Phi) is 9.99. The van der Waals surface area contributed by atoms with Crippen LogP contribution in [-0.2, 0) is 19.1 Å². The van der Waals surface area contributed by atoms with E-state index >= 15 is 0 Å². The Hall–Kier alpha value is -3.70. The van der Waals surface area contributed by atoms with Crippen molar-refractivity contribution in [3.8, 4) is 22.2 Å². The van der Waals surface area contributed by atoms with Gasteiger partial charge in [0.2, 0.25) is 11.8 Å². The summed E-state index contributed by atoms with van der Waals surface area (Å²) in [7, 11) is 3.35. The van der Waals surface area contributed by atoms with E-state index in [0.29, 0.717) is 58.9 Å². The van der Waals surface area contributed by atoms with Crippen LogP contribution in [0.1, 0.15) is 70.9 Å². The monoisotopic (exact) mass is 694 g/mol. The van der Waals surface area contributed by atoms with Crippen molar-refractivity contribution in [2.24, 2.45) is 17.8 Å². The zero-order valence-electron chi connectivity index (χ0n) is 28.1. The Morgan fingerprint density at radius 1 is 1.17 bits per heavy atom. The van der Waals surface area contributed by atoms with Crippen molar-refractivity contribution in [1.82, 2.24) is 20.2 Å². The smallest absolute Gasteiger partial charge is 0.332 e. The minimum Gasteiger partial charge on any atom is -0.495 e. The molecule has 6 rings (SSSR count). The molecule has 5 atom stereocenters. The third-order valence-corrected chi connectivity index (χ3v) is 11.0. The number of hydrogen-bond acceptors (Lipinski definition) is 9. The van der Waals surface area contributed by atoms with Gasteiger partial charge in [0.25, 0.3) is 0 Å². The number of hydrogen-bond donors (Lipinski definition) is 1. The van der Waals surface area contributed by atoms with Crippen LogP contribution in [0.5, 0.6) is 11.5 Å². The number of benzene rings is 1. The summed E-state index contributed by atoms with van der Waals surface area (Å²) in [5.41, 5.74) is 0.981. The van der Waals surface area contributed by atoms with Gasteiger partial charge in [-0.3, -0.25) is 9.59 Å². The minimum absolute atomic E-state index is 0.0940. The van der Waals surface area contributed by atoms with E-state index in [1.54, 1.807) is 32.0 Å². The van der Waals surface area contributed by atoms with Gasteiger partial charge >= 0.3 is 5.97 Å². The minimum atomic E-state index is -1.11. The van der Waals surface area contributed by atoms with Gasteiger partial charge in [-0.2, -0.15) is 0 Å². The lowest BCUT2D eigenvalue weighted by Gasteiger charge is -2.26. The molecule has 2 amide bonds. The fourth-order valence-electron chi connectivity index (χ4n) is 6.86. The molecular weight excluding hydrogens is 652 g/mol. The number of esters is 1. The largest absolute Gasteiger partial charge is 0.495 e. The maximum atomic E-state index is 14.1. The highest BCUT2D eigenvalue weighted by Crippen LogP contribution is 2.48. The van der Waals surface area contributed by atoms with Crippen LogP contribution in [0.3, 0.4) is 0 Å². The fraction of sp³-hybridized carbons (Fsp3) is 0.528. The fourth-order valence-corrected chi connectivity index (χ4v) is 8.08. The molecule has 2 aliphatic carbocycles. The molecule has 1 aromatic carbocycles. The molecule has 0 radical (unpaired) electrons. The summed E-state index contributed by atoms with van der Waals surface area (Å²) in [4.78, 5) is 52.5. The second-order valence-electron chi connectivity index (χ2n) is 13.3. The Bertz CT molecular complexity index is 1740. The zero-order chi connectivity index (χ0) is 34.2. The van der Waals surface area contributed by atoms with Crippen molar-refractivity contribution in [3.63, 3.8) is 0 Å². The number of nitrogens with one attached hydrogen (secondary N) is 1. The molecule has 2 fully saturated rings. The molecule has 0 unspecified atom stereocenters. The van der Waals surface area contributed by atoms with Crippen LogP contribution in [0, 0.1) is 17.8 Å². The first-order chi connectivity index (χ1) is 23.1. The van der Waals surface area contributed by atoms with Crippen molar-refractivity contribution < 1.29 is 28.6 Å². The molecule has 0 spiro atoms. The number of thiazole rings is 1. The number of carbonyl (C=O) groups is 3. The van der Waals surface area contributed by atoms with Crippen molar-refractivity contribution in [1.29, 1.82) is 0 Å². The molecule has 3 aromatic rings. The predicted molar refractivity (Wildman–Crippen MR) is 185 cm³/mol. The van der Waals surface area contributed by atoms with E-state index in [1.165, 1.54) is 11.3 Å². The van der Waals surface area contributed by atoms with E-state index in [-0.39, 0.29) is 30.3 Å². The highest BCUT2D eigenvalue weighted by Gasteiger charge is 2.62. The quantitative estimate of drug-likeness (QED) is 0.218. The summed E-state index contributed by atoms with van der Waals surface area (Å²) >= 11 is 8.29. The summed E-state index contributed by atoms with van der Waals surface area (Å²) in [6.45, 7) is 6.76. The summed E-state index contributed by atoms with van der Waals surface area (Å²) < 4.78 is 17.6. The number of halogens is 1. The SMILES string of the molecule is CCOC(=O)[C@@]12C[C@H]1C=CCCCCN(C)C(=O)[C@@H]1C[C@H](Oc3cc(-c4nc(C(C)C)cs4)nc4c(Cl)c(OC)ccc34)C[C@H]1C(=O)N2. The molecule has 1 aliphatic heterocycles. The number of fused-ring (bicyclic) bond motifs is 3. The van der Waals surface area contributed by atoms with Gasteiger partial charge in [-0.1, -0.05) is 37.6 Å². The maximum absolute atomic E-state index is 14.1. The number of pyridine rings is 1. The molecule has 2 aromatic heterocycles. The summed E-state index contributed by atoms with van der Waals surface area (Å²) in [6.07, 6.45) is 7.34. The van der Waals surface area contributed by atoms with Crippen LogP contribution < -0.4 is 14.8 Å². The molecule has 3 heterocycles. The van der Waals surface area contributed by atoms with Gasteiger partial charge in [0.05, 0.1) is 36.8 Å². The Morgan fingerprint density at radius 3 is 2.69 bits per heavy atom. The molecule has 48 heavy (non-hydrogen) atoms. The second kappa shape index (κ2) is 14.0. The van der Waals surface area contributed by atoms with E-state index in [1.807, 2.05) is 23.6 Å². The number of carbonyl (C=O) groups excluding carboxylic acids is 3. The van der Waals surface area contributed by atoms with Gasteiger partial charge in [-0.25, -0.2) is 14.8 Å². The molecule has 0 saturated heterocycles. The topological polar surface area (TPSA) is 120 Å². The molecule has 10 nitrogen and oxygen atoms in total. The number of ether oxygens (including phenoxy) is 3. The average Bonchev–Trinajstić information content (AvgIpc) is 3.37. The van der Waals surface area contributed by atoms with Crippen LogP contribution in [0.4, 0.5) is 0 Å². The first-order valence-electron chi connectivity index (χ1n) is 16.8. The number of rotatable bonds is 7. The van der Waals surface area contributed by atoms with E-state index < -0.39 is 29.4 Å².